The normalized spacial score (nSPS) is 14.1. The Morgan fingerprint density at radius 2 is 1.13 bits per heavy atom. The first kappa shape index (κ1) is 41.2. The Morgan fingerprint density at radius 3 is 1.87 bits per heavy atom. The van der Waals surface area contributed by atoms with Crippen LogP contribution in [0.5, 0.6) is 11.5 Å². The number of hydrogen-bond donors (Lipinski definition) is 0. The van der Waals surface area contributed by atoms with E-state index < -0.39 is 31.8 Å². The van der Waals surface area contributed by atoms with E-state index in [1.54, 1.807) is 6.07 Å². The second-order valence-corrected chi connectivity index (χ2v) is 22.3. The van der Waals surface area contributed by atoms with E-state index in [0.717, 1.165) is 60.7 Å². The molecule has 6 nitrogen and oxygen atoms in total. The molecule has 7 heteroatoms. The average Bonchev–Trinajstić information content (AvgIpc) is 1.51. The molecule has 11 aromatic carbocycles. The maximum Gasteiger partial charge on any atom is 0.268 e. The summed E-state index contributed by atoms with van der Waals surface area (Å²) in [7, 11) is 0. The molecule has 410 valence electrons. The van der Waals surface area contributed by atoms with E-state index in [2.05, 4.69) is 96.9 Å². The average molecular weight is 1280 g/mol. The number of rotatable bonds is 7. The molecule has 0 atom stereocenters. The number of hydrogen-bond acceptors (Lipinski definition) is 2. The third-order valence-corrected chi connectivity index (χ3v) is 16.4. The van der Waals surface area contributed by atoms with Crippen LogP contribution in [0.1, 0.15) is 52.5 Å². The summed E-state index contributed by atoms with van der Waals surface area (Å²) in [6, 6.07) is 70.5. The third-order valence-electron chi connectivity index (χ3n) is 16.4. The van der Waals surface area contributed by atoms with Gasteiger partial charge in [-0.3, -0.25) is 4.57 Å². The molecule has 0 radical (unpaired) electrons. The van der Waals surface area contributed by atoms with Crippen LogP contribution >= 0.6 is 0 Å². The minimum atomic E-state index is -2.78. The third kappa shape index (κ3) is 8.33. The summed E-state index contributed by atoms with van der Waals surface area (Å²) < 4.78 is 115. The second-order valence-electron chi connectivity index (χ2n) is 22.3. The summed E-state index contributed by atoms with van der Waals surface area (Å²) in [5.74, 6) is 1.48. The summed E-state index contributed by atoms with van der Waals surface area (Å²) in [5.41, 5.74) is 11.3. The van der Waals surface area contributed by atoms with Gasteiger partial charge in [0.2, 0.25) is 0 Å². The Kier molecular flexibility index (Phi) is 9.78. The zero-order chi connectivity index (χ0) is 65.7. The first-order valence-corrected chi connectivity index (χ1v) is 27.9. The van der Waals surface area contributed by atoms with Crippen LogP contribution in [0.4, 0.5) is 0 Å². The molecule has 1 aliphatic rings. The fraction of sp³-hybridized carbons (Fsp3) is 0.0769. The molecule has 0 N–H and O–H groups in total. The van der Waals surface area contributed by atoms with E-state index in [1.807, 2.05) is 149 Å². The number of para-hydroxylation sites is 4. The molecular weight excluding hydrogens is 1220 g/mol. The predicted octanol–water partition coefficient (Wildman–Crippen LogP) is 19.2. The summed E-state index contributed by atoms with van der Waals surface area (Å²) in [6.07, 6.45) is 5.69. The van der Waals surface area contributed by atoms with Crippen LogP contribution in [0.2, 0.25) is 0 Å². The van der Waals surface area contributed by atoms with Gasteiger partial charge >= 0.3 is 0 Å². The van der Waals surface area contributed by atoms with E-state index in [1.165, 1.54) is 18.2 Å². The van der Waals surface area contributed by atoms with Gasteiger partial charge in [-0.05, 0) is 145 Å². The monoisotopic (exact) mass is 1280 g/mol. The van der Waals surface area contributed by atoms with Gasteiger partial charge in [0.15, 0.2) is 0 Å². The zero-order valence-electron chi connectivity index (χ0n) is 57.2. The minimum Gasteiger partial charge on any atom is -0.510 e. The molecule has 0 spiro atoms. The van der Waals surface area contributed by atoms with Crippen LogP contribution in [0, 0.1) is 32.2 Å². The molecular formula is C78H55N5OPt-2. The van der Waals surface area contributed by atoms with Crippen molar-refractivity contribution in [2.75, 3.05) is 0 Å². The fourth-order valence-electron chi connectivity index (χ4n) is 12.7. The number of fused-ring (bicyclic) bond motifs is 13. The number of nitrogens with zero attached hydrogens (tertiary/aromatic N) is 5. The van der Waals surface area contributed by atoms with Crippen molar-refractivity contribution < 1.29 is 45.4 Å². The van der Waals surface area contributed by atoms with Crippen LogP contribution in [0.15, 0.2) is 243 Å². The minimum absolute atomic E-state index is 0. The predicted molar refractivity (Wildman–Crippen MR) is 343 cm³/mol. The molecule has 0 saturated carbocycles. The van der Waals surface area contributed by atoms with E-state index in [4.69, 9.17) is 22.1 Å². The number of aromatic nitrogens is 5. The number of ether oxygens (including phenoxy) is 1. The van der Waals surface area contributed by atoms with Gasteiger partial charge in [0.25, 0.3) is 6.33 Å². The zero-order valence-corrected chi connectivity index (χ0v) is 48.4. The van der Waals surface area contributed by atoms with Gasteiger partial charge in [-0.15, -0.1) is 29.7 Å². The van der Waals surface area contributed by atoms with Gasteiger partial charge in [0.05, 0.1) is 40.3 Å². The van der Waals surface area contributed by atoms with Gasteiger partial charge in [-0.25, -0.2) is 4.98 Å². The largest absolute Gasteiger partial charge is 0.510 e. The molecule has 4 aromatic heterocycles. The van der Waals surface area contributed by atoms with Crippen molar-refractivity contribution in [2.24, 2.45) is 0 Å². The molecule has 16 rings (SSSR count). The van der Waals surface area contributed by atoms with Crippen molar-refractivity contribution >= 4 is 54.6 Å². The smallest absolute Gasteiger partial charge is 0.268 e. The Labute approximate surface area is 523 Å². The Hall–Kier alpha value is -9.87. The Morgan fingerprint density at radius 1 is 0.506 bits per heavy atom. The van der Waals surface area contributed by atoms with E-state index in [0.29, 0.717) is 72.9 Å². The molecule has 1 aliphatic heterocycles. The summed E-state index contributed by atoms with van der Waals surface area (Å²) >= 11 is 0. The summed E-state index contributed by atoms with van der Waals surface area (Å²) in [6.45, 7) is 0.961. The maximum absolute atomic E-state index is 9.48. The van der Waals surface area contributed by atoms with E-state index in [-0.39, 0.29) is 66.4 Å². The van der Waals surface area contributed by atoms with Crippen molar-refractivity contribution in [3.8, 4) is 90.0 Å². The topological polar surface area (TPSA) is 40.8 Å². The van der Waals surface area contributed by atoms with Crippen LogP contribution in [0.3, 0.4) is 0 Å². The molecule has 0 bridgehead atoms. The molecule has 0 unspecified atom stereocenters. The number of imidazole rings is 1. The van der Waals surface area contributed by atoms with Crippen molar-refractivity contribution in [3.63, 3.8) is 0 Å². The Bertz CT molecular complexity index is 5640. The Balaban J connectivity index is 0.00000756. The van der Waals surface area contributed by atoms with Crippen LogP contribution in [0.25, 0.3) is 133 Å². The molecule has 85 heavy (non-hydrogen) atoms. The summed E-state index contributed by atoms with van der Waals surface area (Å²) in [5, 5.41) is 4.01. The maximum atomic E-state index is 9.48. The number of pyridine rings is 1. The number of aryl methyl sites for hydroxylation is 2. The summed E-state index contributed by atoms with van der Waals surface area (Å²) in [4.78, 5) is 4.89. The fourth-order valence-corrected chi connectivity index (χ4v) is 12.7. The SMILES string of the molecule is [2H]c1c([2H])c([2H])c(-c2cccc3c2-c2ccccc2-c2cc(-c4c(C([2H])([2H])[2H])cccc4C([2H])([2H])[2H])cc4c2[n+]([c-]n4-c2[c-]c(Oc4[c-]c5c(cc4)c4ccccc4n5-c4cc(C(C)(C)C)ccn4)ccc2)-c2c-3cccc2-n2c3ccccc3c3ccccc32)c([2H])c1[2H].[Pt]. The van der Waals surface area contributed by atoms with Gasteiger partial charge in [0.1, 0.15) is 5.82 Å². The molecule has 5 heterocycles. The second kappa shape index (κ2) is 20.2. The van der Waals surface area contributed by atoms with Gasteiger partial charge in [0, 0.05) is 63.3 Å². The molecule has 0 saturated heterocycles. The van der Waals surface area contributed by atoms with Gasteiger partial charge in [-0.2, -0.15) is 18.2 Å². The van der Waals surface area contributed by atoms with E-state index in [9.17, 15) is 2.74 Å². The van der Waals surface area contributed by atoms with Crippen molar-refractivity contribution in [2.45, 2.75) is 39.9 Å². The van der Waals surface area contributed by atoms with Gasteiger partial charge < -0.3 is 18.4 Å². The number of benzene rings is 11. The van der Waals surface area contributed by atoms with Crippen molar-refractivity contribution in [3.05, 3.63) is 278 Å². The quantitative estimate of drug-likeness (QED) is 0.118. The first-order valence-electron chi connectivity index (χ1n) is 33.4. The standard InChI is InChI=1S/C78H55N5O.Pt/c1-49-21-17-22-50(2)74(49)52-43-66-58-27-9-10-31-63(58)75-57(51-23-7-6-8-24-51)32-19-33-64(75)65-34-20-38-70(82-67-35-14-11-28-59(67)60-29-12-15-36-68(60)82)76(65)81-48-80(72(44-52)77(66)81)54-25-18-26-55(46-54)84-56-39-40-62-61-30-13-16-37-69(61)83(71(62)47-56)73-45-53(41-42-79-73)78(3,4)5;/h6-45H,1-5H3;/q-2;/i1D3,2D3,6D,7D,8D,23D,24D;. The molecule has 0 fully saturated rings. The van der Waals surface area contributed by atoms with Crippen LogP contribution in [-0.4, -0.2) is 18.7 Å². The van der Waals surface area contributed by atoms with Crippen molar-refractivity contribution in [1.82, 2.24) is 18.7 Å². The van der Waals surface area contributed by atoms with Crippen molar-refractivity contribution in [1.29, 1.82) is 0 Å². The van der Waals surface area contributed by atoms with Crippen LogP contribution in [-0.2, 0) is 26.5 Å². The molecule has 15 aromatic rings. The first-order chi connectivity index (χ1) is 45.6. The van der Waals surface area contributed by atoms with Crippen LogP contribution < -0.4 is 9.30 Å². The van der Waals surface area contributed by atoms with E-state index >= 15 is 0 Å². The van der Waals surface area contributed by atoms with Gasteiger partial charge in [-0.1, -0.05) is 190 Å². The molecule has 0 aliphatic carbocycles. The molecule has 0 amide bonds.